The van der Waals surface area contributed by atoms with Crippen LogP contribution in [0.25, 0.3) is 5.65 Å². The van der Waals surface area contributed by atoms with Crippen LogP contribution in [-0.2, 0) is 6.61 Å². The molecule has 0 amide bonds. The lowest BCUT2D eigenvalue weighted by Crippen LogP contribution is -1.91. The van der Waals surface area contributed by atoms with Crippen LogP contribution in [0.5, 0.6) is 0 Å². The number of halogens is 1. The van der Waals surface area contributed by atoms with Gasteiger partial charge in [0.05, 0.1) is 18.5 Å². The standard InChI is InChI=1S/C7H6IN3O/c8-6-1-2-7-9-5(4-12)3-11(7)10-6/h1-3,12H,4H2. The Morgan fingerprint density at radius 1 is 1.50 bits per heavy atom. The zero-order chi connectivity index (χ0) is 8.55. The van der Waals surface area contributed by atoms with Gasteiger partial charge in [0.2, 0.25) is 0 Å². The summed E-state index contributed by atoms with van der Waals surface area (Å²) in [5.41, 5.74) is 1.41. The highest BCUT2D eigenvalue weighted by Gasteiger charge is 2.00. The molecule has 0 unspecified atom stereocenters. The second-order valence-corrected chi connectivity index (χ2v) is 3.45. The third-order valence-corrected chi connectivity index (χ3v) is 2.07. The normalized spacial score (nSPS) is 10.8. The molecule has 0 aromatic carbocycles. The number of aliphatic hydroxyl groups excluding tert-OH is 1. The van der Waals surface area contributed by atoms with Crippen molar-refractivity contribution in [3.05, 3.63) is 27.7 Å². The van der Waals surface area contributed by atoms with Gasteiger partial charge < -0.3 is 5.11 Å². The minimum atomic E-state index is -0.0417. The summed E-state index contributed by atoms with van der Waals surface area (Å²) in [7, 11) is 0. The first-order valence-electron chi connectivity index (χ1n) is 3.41. The highest BCUT2D eigenvalue weighted by molar-refractivity contribution is 14.1. The number of hydrogen-bond donors (Lipinski definition) is 1. The van der Waals surface area contributed by atoms with Gasteiger partial charge in [0, 0.05) is 0 Å². The maximum Gasteiger partial charge on any atom is 0.153 e. The van der Waals surface area contributed by atoms with Crippen molar-refractivity contribution in [2.45, 2.75) is 6.61 Å². The van der Waals surface area contributed by atoms with E-state index in [2.05, 4.69) is 32.7 Å². The molecule has 0 aliphatic heterocycles. The Hall–Kier alpha value is -0.690. The van der Waals surface area contributed by atoms with Gasteiger partial charge in [-0.1, -0.05) is 0 Å². The highest BCUT2D eigenvalue weighted by Crippen LogP contribution is 2.05. The molecule has 2 aromatic rings. The van der Waals surface area contributed by atoms with Crippen LogP contribution < -0.4 is 0 Å². The number of aromatic nitrogens is 3. The summed E-state index contributed by atoms with van der Waals surface area (Å²) in [6, 6.07) is 3.75. The van der Waals surface area contributed by atoms with E-state index in [1.807, 2.05) is 12.1 Å². The fraction of sp³-hybridized carbons (Fsp3) is 0.143. The number of nitrogens with zero attached hydrogens (tertiary/aromatic N) is 3. The molecule has 0 aliphatic carbocycles. The largest absolute Gasteiger partial charge is 0.390 e. The summed E-state index contributed by atoms with van der Waals surface area (Å²) >= 11 is 2.13. The monoisotopic (exact) mass is 275 g/mol. The van der Waals surface area contributed by atoms with Crippen molar-refractivity contribution in [1.29, 1.82) is 0 Å². The maximum absolute atomic E-state index is 8.80. The van der Waals surface area contributed by atoms with E-state index in [1.54, 1.807) is 10.7 Å². The molecule has 5 heteroatoms. The molecule has 0 fully saturated rings. The van der Waals surface area contributed by atoms with E-state index < -0.39 is 0 Å². The summed E-state index contributed by atoms with van der Waals surface area (Å²) in [4.78, 5) is 4.12. The van der Waals surface area contributed by atoms with Gasteiger partial charge in [0.25, 0.3) is 0 Å². The number of fused-ring (bicyclic) bond motifs is 1. The van der Waals surface area contributed by atoms with Crippen LogP contribution in [0.4, 0.5) is 0 Å². The summed E-state index contributed by atoms with van der Waals surface area (Å²) in [5, 5.41) is 13.0. The van der Waals surface area contributed by atoms with Crippen molar-refractivity contribution >= 4 is 28.2 Å². The smallest absolute Gasteiger partial charge is 0.153 e. The Morgan fingerprint density at radius 3 is 3.08 bits per heavy atom. The van der Waals surface area contributed by atoms with Gasteiger partial charge in [0.1, 0.15) is 3.70 Å². The van der Waals surface area contributed by atoms with E-state index in [-0.39, 0.29) is 6.61 Å². The number of imidazole rings is 1. The van der Waals surface area contributed by atoms with Crippen molar-refractivity contribution in [2.75, 3.05) is 0 Å². The number of rotatable bonds is 1. The Kier molecular flexibility index (Phi) is 1.97. The van der Waals surface area contributed by atoms with E-state index in [0.29, 0.717) is 5.69 Å². The minimum absolute atomic E-state index is 0.0417. The van der Waals surface area contributed by atoms with Gasteiger partial charge in [-0.3, -0.25) is 0 Å². The Balaban J connectivity index is 2.67. The SMILES string of the molecule is OCc1cn2nc(I)ccc2n1. The fourth-order valence-corrected chi connectivity index (χ4v) is 1.40. The Bertz CT molecular complexity index is 412. The summed E-state index contributed by atoms with van der Waals surface area (Å²) in [5.74, 6) is 0. The molecule has 12 heavy (non-hydrogen) atoms. The van der Waals surface area contributed by atoms with Gasteiger partial charge in [-0.2, -0.15) is 5.10 Å². The van der Waals surface area contributed by atoms with Gasteiger partial charge in [0.15, 0.2) is 5.65 Å². The third-order valence-electron chi connectivity index (χ3n) is 1.50. The lowest BCUT2D eigenvalue weighted by molar-refractivity contribution is 0.277. The second-order valence-electron chi connectivity index (χ2n) is 2.35. The Morgan fingerprint density at radius 2 is 2.33 bits per heavy atom. The predicted molar refractivity (Wildman–Crippen MR) is 51.6 cm³/mol. The molecule has 0 saturated carbocycles. The molecular weight excluding hydrogens is 269 g/mol. The van der Waals surface area contributed by atoms with Crippen LogP contribution in [0, 0.1) is 3.70 Å². The molecule has 62 valence electrons. The highest BCUT2D eigenvalue weighted by atomic mass is 127. The second kappa shape index (κ2) is 2.98. The fourth-order valence-electron chi connectivity index (χ4n) is 0.984. The minimum Gasteiger partial charge on any atom is -0.390 e. The lowest BCUT2D eigenvalue weighted by Gasteiger charge is -1.90. The molecule has 0 spiro atoms. The predicted octanol–water partition coefficient (Wildman–Crippen LogP) is 0.826. The van der Waals surface area contributed by atoms with Crippen molar-refractivity contribution in [3.63, 3.8) is 0 Å². The average Bonchev–Trinajstić information content (AvgIpc) is 2.46. The maximum atomic E-state index is 8.80. The molecule has 0 radical (unpaired) electrons. The number of hydrogen-bond acceptors (Lipinski definition) is 3. The molecule has 2 rings (SSSR count). The van der Waals surface area contributed by atoms with Crippen LogP contribution in [-0.4, -0.2) is 19.7 Å². The van der Waals surface area contributed by atoms with E-state index in [1.165, 1.54) is 0 Å². The van der Waals surface area contributed by atoms with Crippen molar-refractivity contribution < 1.29 is 5.11 Å². The Labute approximate surface area is 82.4 Å². The van der Waals surface area contributed by atoms with Gasteiger partial charge in [-0.15, -0.1) is 0 Å². The van der Waals surface area contributed by atoms with Gasteiger partial charge in [-0.05, 0) is 34.7 Å². The lowest BCUT2D eigenvalue weighted by atomic mass is 10.5. The van der Waals surface area contributed by atoms with Crippen molar-refractivity contribution in [2.24, 2.45) is 0 Å². The van der Waals surface area contributed by atoms with Gasteiger partial charge in [-0.25, -0.2) is 9.50 Å². The molecular formula is C7H6IN3O. The van der Waals surface area contributed by atoms with E-state index in [9.17, 15) is 0 Å². The number of aliphatic hydroxyl groups is 1. The zero-order valence-electron chi connectivity index (χ0n) is 6.11. The molecule has 2 aromatic heterocycles. The van der Waals surface area contributed by atoms with Crippen LogP contribution in [0.15, 0.2) is 18.3 Å². The van der Waals surface area contributed by atoms with E-state index in [0.717, 1.165) is 9.35 Å². The summed E-state index contributed by atoms with van der Waals surface area (Å²) in [6.07, 6.45) is 1.72. The topological polar surface area (TPSA) is 50.4 Å². The molecule has 0 bridgehead atoms. The summed E-state index contributed by atoms with van der Waals surface area (Å²) in [6.45, 7) is -0.0417. The first kappa shape index (κ1) is 7.93. The van der Waals surface area contributed by atoms with Crippen LogP contribution in [0.1, 0.15) is 5.69 Å². The molecule has 0 saturated heterocycles. The van der Waals surface area contributed by atoms with E-state index in [4.69, 9.17) is 5.11 Å². The van der Waals surface area contributed by atoms with Crippen LogP contribution >= 0.6 is 22.6 Å². The van der Waals surface area contributed by atoms with Crippen molar-refractivity contribution in [1.82, 2.24) is 14.6 Å². The molecule has 0 atom stereocenters. The van der Waals surface area contributed by atoms with Gasteiger partial charge >= 0.3 is 0 Å². The molecule has 4 nitrogen and oxygen atoms in total. The first-order chi connectivity index (χ1) is 5.79. The molecule has 0 aliphatic rings. The van der Waals surface area contributed by atoms with Crippen LogP contribution in [0.2, 0.25) is 0 Å². The van der Waals surface area contributed by atoms with Crippen molar-refractivity contribution in [3.8, 4) is 0 Å². The summed E-state index contributed by atoms with van der Waals surface area (Å²) < 4.78 is 2.56. The zero-order valence-corrected chi connectivity index (χ0v) is 8.26. The third kappa shape index (κ3) is 1.29. The average molecular weight is 275 g/mol. The van der Waals surface area contributed by atoms with Crippen LogP contribution in [0.3, 0.4) is 0 Å². The first-order valence-corrected chi connectivity index (χ1v) is 4.49. The quantitative estimate of drug-likeness (QED) is 0.784. The molecule has 2 heterocycles. The van der Waals surface area contributed by atoms with E-state index >= 15 is 0 Å². The molecule has 1 N–H and O–H groups in total.